The molecule has 0 unspecified atom stereocenters. The van der Waals surface area contributed by atoms with E-state index in [0.29, 0.717) is 12.2 Å². The Morgan fingerprint density at radius 2 is 1.95 bits per heavy atom. The number of pyridine rings is 1. The van der Waals surface area contributed by atoms with Crippen LogP contribution in [0.3, 0.4) is 0 Å². The second-order valence-corrected chi connectivity index (χ2v) is 5.33. The first-order valence-corrected chi connectivity index (χ1v) is 7.41. The fourth-order valence-corrected chi connectivity index (χ4v) is 3.39. The molecule has 0 aliphatic heterocycles. The summed E-state index contributed by atoms with van der Waals surface area (Å²) in [5.74, 6) is 0.354. The Bertz CT molecular complexity index is 406. The summed E-state index contributed by atoms with van der Waals surface area (Å²) in [6.45, 7) is 6.20. The quantitative estimate of drug-likeness (QED) is 0.788. The van der Waals surface area contributed by atoms with Gasteiger partial charge in [-0.15, -0.1) is 0 Å². The first-order chi connectivity index (χ1) is 9.23. The van der Waals surface area contributed by atoms with Crippen LogP contribution >= 0.6 is 0 Å². The van der Waals surface area contributed by atoms with E-state index in [1.807, 2.05) is 18.2 Å². The van der Waals surface area contributed by atoms with Crippen LogP contribution in [0.2, 0.25) is 0 Å². The second-order valence-electron chi connectivity index (χ2n) is 5.33. The summed E-state index contributed by atoms with van der Waals surface area (Å²) in [5, 5.41) is 0. The van der Waals surface area contributed by atoms with Gasteiger partial charge in [-0.3, -0.25) is 14.7 Å². The van der Waals surface area contributed by atoms with Gasteiger partial charge in [0.05, 0.1) is 12.0 Å². The summed E-state index contributed by atoms with van der Waals surface area (Å²) in [6, 6.07) is 5.79. The van der Waals surface area contributed by atoms with Crippen molar-refractivity contribution in [1.82, 2.24) is 9.88 Å². The minimum Gasteiger partial charge on any atom is -0.297 e. The molecule has 1 aromatic heterocycles. The van der Waals surface area contributed by atoms with Crippen LogP contribution in [-0.4, -0.2) is 34.3 Å². The highest BCUT2D eigenvalue weighted by atomic mass is 16.1. The monoisotopic (exact) mass is 260 g/mol. The zero-order valence-corrected chi connectivity index (χ0v) is 12.1. The number of likely N-dealkylation sites (N-methyl/N-ethyl adjacent to an activating group) is 1. The smallest absolute Gasteiger partial charge is 0.159 e. The van der Waals surface area contributed by atoms with Crippen LogP contribution in [0.15, 0.2) is 24.4 Å². The van der Waals surface area contributed by atoms with Gasteiger partial charge in [-0.25, -0.2) is 0 Å². The Labute approximate surface area is 116 Å². The average molecular weight is 260 g/mol. The Balaban J connectivity index is 2.17. The van der Waals surface area contributed by atoms with Crippen LogP contribution in [0.5, 0.6) is 0 Å². The van der Waals surface area contributed by atoms with E-state index in [1.165, 1.54) is 12.8 Å². The molecule has 1 heterocycles. The van der Waals surface area contributed by atoms with E-state index in [0.717, 1.165) is 31.6 Å². The molecule has 19 heavy (non-hydrogen) atoms. The summed E-state index contributed by atoms with van der Waals surface area (Å²) >= 11 is 0. The summed E-state index contributed by atoms with van der Waals surface area (Å²) in [4.78, 5) is 19.5. The minimum atomic E-state index is -0.221. The lowest BCUT2D eigenvalue weighted by Crippen LogP contribution is -2.53. The zero-order valence-electron chi connectivity index (χ0n) is 12.1. The van der Waals surface area contributed by atoms with Crippen LogP contribution in [0.25, 0.3) is 0 Å². The third-order valence-corrected chi connectivity index (χ3v) is 4.39. The van der Waals surface area contributed by atoms with Gasteiger partial charge in [0.15, 0.2) is 5.78 Å². The van der Waals surface area contributed by atoms with Crippen molar-refractivity contribution in [3.05, 3.63) is 30.1 Å². The number of aromatic nitrogens is 1. The van der Waals surface area contributed by atoms with E-state index >= 15 is 0 Å². The summed E-state index contributed by atoms with van der Waals surface area (Å²) < 4.78 is 0. The van der Waals surface area contributed by atoms with E-state index in [4.69, 9.17) is 0 Å². The van der Waals surface area contributed by atoms with Crippen molar-refractivity contribution < 1.29 is 4.79 Å². The maximum absolute atomic E-state index is 12.8. The number of Topliss-reactive ketones (excluding diaryl/α,β-unsaturated/α-hetero) is 1. The van der Waals surface area contributed by atoms with Crippen molar-refractivity contribution in [2.24, 2.45) is 0 Å². The highest BCUT2D eigenvalue weighted by molar-refractivity contribution is 5.90. The van der Waals surface area contributed by atoms with Crippen molar-refractivity contribution in [2.75, 3.05) is 13.1 Å². The molecule has 0 bridgehead atoms. The van der Waals surface area contributed by atoms with Crippen LogP contribution in [0.4, 0.5) is 0 Å². The van der Waals surface area contributed by atoms with Crippen molar-refractivity contribution in [1.29, 1.82) is 0 Å². The van der Waals surface area contributed by atoms with Gasteiger partial charge in [-0.05, 0) is 38.1 Å². The number of nitrogens with zero attached hydrogens (tertiary/aromatic N) is 2. The number of hydrogen-bond donors (Lipinski definition) is 0. The molecule has 0 saturated heterocycles. The van der Waals surface area contributed by atoms with Gasteiger partial charge in [-0.1, -0.05) is 32.8 Å². The number of ketones is 1. The Morgan fingerprint density at radius 1 is 1.26 bits per heavy atom. The summed E-state index contributed by atoms with van der Waals surface area (Å²) in [5.41, 5.74) is 0.673. The molecular formula is C16H24N2O. The number of carbonyl (C=O) groups is 1. The normalized spacial score (nSPS) is 17.8. The van der Waals surface area contributed by atoms with Gasteiger partial charge >= 0.3 is 0 Å². The van der Waals surface area contributed by atoms with Gasteiger partial charge < -0.3 is 0 Å². The highest BCUT2D eigenvalue weighted by Gasteiger charge is 2.44. The second kappa shape index (κ2) is 6.29. The minimum absolute atomic E-state index is 0.221. The molecule has 1 aromatic rings. The summed E-state index contributed by atoms with van der Waals surface area (Å²) in [6.07, 6.45) is 6.61. The predicted octanol–water partition coefficient (Wildman–Crippen LogP) is 2.85. The molecule has 104 valence electrons. The Hall–Kier alpha value is -1.22. The fraction of sp³-hybridized carbons (Fsp3) is 0.625. The highest BCUT2D eigenvalue weighted by Crippen LogP contribution is 2.36. The molecule has 0 amide bonds. The van der Waals surface area contributed by atoms with Crippen molar-refractivity contribution >= 4 is 5.78 Å². The van der Waals surface area contributed by atoms with Gasteiger partial charge in [-0.2, -0.15) is 0 Å². The molecule has 0 spiro atoms. The fourth-order valence-electron chi connectivity index (χ4n) is 3.39. The maximum Gasteiger partial charge on any atom is 0.159 e. The lowest BCUT2D eigenvalue weighted by atomic mass is 9.87. The van der Waals surface area contributed by atoms with Crippen LogP contribution in [0.1, 0.15) is 45.2 Å². The van der Waals surface area contributed by atoms with Gasteiger partial charge in [0.2, 0.25) is 0 Å². The van der Waals surface area contributed by atoms with Gasteiger partial charge in [0.1, 0.15) is 0 Å². The molecule has 3 heteroatoms. The molecule has 1 fully saturated rings. The predicted molar refractivity (Wildman–Crippen MR) is 77.1 cm³/mol. The van der Waals surface area contributed by atoms with Crippen LogP contribution in [0, 0.1) is 0 Å². The zero-order chi connectivity index (χ0) is 13.7. The molecule has 0 N–H and O–H groups in total. The van der Waals surface area contributed by atoms with E-state index in [-0.39, 0.29) is 5.54 Å². The third kappa shape index (κ3) is 2.86. The van der Waals surface area contributed by atoms with E-state index in [1.54, 1.807) is 6.20 Å². The van der Waals surface area contributed by atoms with E-state index < -0.39 is 0 Å². The topological polar surface area (TPSA) is 33.2 Å². The summed E-state index contributed by atoms with van der Waals surface area (Å²) in [7, 11) is 0. The van der Waals surface area contributed by atoms with Crippen molar-refractivity contribution in [2.45, 2.75) is 51.5 Å². The number of rotatable bonds is 6. The lowest BCUT2D eigenvalue weighted by Gasteiger charge is -2.39. The Morgan fingerprint density at radius 3 is 2.47 bits per heavy atom. The lowest BCUT2D eigenvalue weighted by molar-refractivity contribution is -0.130. The number of hydrogen-bond acceptors (Lipinski definition) is 3. The van der Waals surface area contributed by atoms with Crippen molar-refractivity contribution in [3.63, 3.8) is 0 Å². The molecule has 0 radical (unpaired) electrons. The molecule has 2 rings (SSSR count). The number of carbonyl (C=O) groups excluding carboxylic acids is 1. The first kappa shape index (κ1) is 14.2. The van der Waals surface area contributed by atoms with E-state index in [2.05, 4.69) is 23.7 Å². The SMILES string of the molecule is CCN(CC)C1(C(=O)Cc2ccccn2)CCCC1. The van der Waals surface area contributed by atoms with Crippen LogP contribution in [-0.2, 0) is 11.2 Å². The van der Waals surface area contributed by atoms with E-state index in [9.17, 15) is 4.79 Å². The van der Waals surface area contributed by atoms with Crippen molar-refractivity contribution in [3.8, 4) is 0 Å². The molecular weight excluding hydrogens is 236 g/mol. The maximum atomic E-state index is 12.8. The standard InChI is InChI=1S/C16H24N2O/c1-3-18(4-2)16(10-6-7-11-16)15(19)13-14-9-5-8-12-17-14/h5,8-9,12H,3-4,6-7,10-11,13H2,1-2H3. The first-order valence-electron chi connectivity index (χ1n) is 7.41. The molecule has 0 atom stereocenters. The third-order valence-electron chi connectivity index (χ3n) is 4.39. The van der Waals surface area contributed by atoms with Crippen LogP contribution < -0.4 is 0 Å². The van der Waals surface area contributed by atoms with Gasteiger partial charge in [0, 0.05) is 11.9 Å². The molecule has 1 aliphatic rings. The van der Waals surface area contributed by atoms with Gasteiger partial charge in [0.25, 0.3) is 0 Å². The molecule has 1 saturated carbocycles. The largest absolute Gasteiger partial charge is 0.297 e. The molecule has 1 aliphatic carbocycles. The molecule has 3 nitrogen and oxygen atoms in total. The average Bonchev–Trinajstić information content (AvgIpc) is 2.92. The molecule has 0 aromatic carbocycles. The Kier molecular flexibility index (Phi) is 4.70.